The molecule has 0 bridgehead atoms. The van der Waals surface area contributed by atoms with E-state index in [9.17, 15) is 18.5 Å². The van der Waals surface area contributed by atoms with Gasteiger partial charge in [0.25, 0.3) is 5.69 Å². The van der Waals surface area contributed by atoms with Gasteiger partial charge in [0.15, 0.2) is 4.90 Å². The van der Waals surface area contributed by atoms with Gasteiger partial charge in [0, 0.05) is 49.9 Å². The molecule has 2 aliphatic rings. The second-order valence-corrected chi connectivity index (χ2v) is 8.30. The zero-order chi connectivity index (χ0) is 17.3. The first-order valence-electron chi connectivity index (χ1n) is 7.78. The summed E-state index contributed by atoms with van der Waals surface area (Å²) in [6, 6.07) is 4.10. The third-order valence-corrected chi connectivity index (χ3v) is 6.74. The van der Waals surface area contributed by atoms with E-state index in [4.69, 9.17) is 11.6 Å². The van der Waals surface area contributed by atoms with Crippen molar-refractivity contribution in [2.45, 2.75) is 17.4 Å². The van der Waals surface area contributed by atoms with Crippen molar-refractivity contribution in [1.29, 1.82) is 0 Å². The van der Waals surface area contributed by atoms with Crippen LogP contribution in [0.25, 0.3) is 0 Å². The Morgan fingerprint density at radius 3 is 2.48 bits per heavy atom. The van der Waals surface area contributed by atoms with Gasteiger partial charge in [-0.3, -0.25) is 15.0 Å². The van der Waals surface area contributed by atoms with Crippen molar-refractivity contribution in [1.82, 2.24) is 14.5 Å². The van der Waals surface area contributed by atoms with Crippen molar-refractivity contribution in [3.8, 4) is 0 Å². The van der Waals surface area contributed by atoms with E-state index >= 15 is 0 Å². The molecule has 0 amide bonds. The van der Waals surface area contributed by atoms with Crippen molar-refractivity contribution < 1.29 is 13.3 Å². The molecule has 0 radical (unpaired) electrons. The number of halogens is 2. The maximum absolute atomic E-state index is 12.8. The molecule has 1 atom stereocenters. The van der Waals surface area contributed by atoms with Gasteiger partial charge in [-0.2, -0.15) is 4.31 Å². The number of nitro benzene ring substituents is 1. The van der Waals surface area contributed by atoms with Gasteiger partial charge in [-0.25, -0.2) is 8.42 Å². The van der Waals surface area contributed by atoms with Crippen LogP contribution in [-0.2, 0) is 10.0 Å². The molecular formula is C14H20Cl2N4O4S. The third kappa shape index (κ3) is 4.24. The summed E-state index contributed by atoms with van der Waals surface area (Å²) in [5, 5.41) is 14.6. The van der Waals surface area contributed by atoms with Crippen molar-refractivity contribution in [3.05, 3.63) is 33.3 Å². The molecule has 11 heteroatoms. The first-order valence-corrected chi connectivity index (χ1v) is 9.60. The summed E-state index contributed by atoms with van der Waals surface area (Å²) >= 11 is 5.76. The smallest absolute Gasteiger partial charge is 0.290 e. The quantitative estimate of drug-likeness (QED) is 0.594. The fourth-order valence-electron chi connectivity index (χ4n) is 3.25. The zero-order valence-corrected chi connectivity index (χ0v) is 15.8. The predicted octanol–water partition coefficient (Wildman–Crippen LogP) is 1.34. The molecule has 3 rings (SSSR count). The second kappa shape index (κ2) is 8.15. The van der Waals surface area contributed by atoms with Crippen LogP contribution in [-0.4, -0.2) is 67.9 Å². The Balaban J connectivity index is 0.00000225. The number of nitrogens with zero attached hydrogens (tertiary/aromatic N) is 3. The molecule has 2 saturated heterocycles. The fraction of sp³-hybridized carbons (Fsp3) is 0.571. The van der Waals surface area contributed by atoms with E-state index in [0.29, 0.717) is 32.2 Å². The van der Waals surface area contributed by atoms with Crippen LogP contribution in [0, 0.1) is 10.1 Å². The van der Waals surface area contributed by atoms with E-state index < -0.39 is 20.6 Å². The average Bonchev–Trinajstić information content (AvgIpc) is 3.09. The summed E-state index contributed by atoms with van der Waals surface area (Å²) in [6.45, 7) is 3.84. The van der Waals surface area contributed by atoms with Crippen LogP contribution >= 0.6 is 24.0 Å². The monoisotopic (exact) mass is 410 g/mol. The molecule has 8 nitrogen and oxygen atoms in total. The van der Waals surface area contributed by atoms with Gasteiger partial charge in [-0.1, -0.05) is 11.6 Å². The SMILES string of the molecule is Cl.O=[N+]([O-])c1cc(Cl)ccc1S(=O)(=O)N1CCN(C2CCNC2)CC1. The number of nitrogens with one attached hydrogen (secondary N) is 1. The highest BCUT2D eigenvalue weighted by molar-refractivity contribution is 7.89. The van der Waals surface area contributed by atoms with Crippen molar-refractivity contribution >= 4 is 39.7 Å². The second-order valence-electron chi connectivity index (χ2n) is 5.96. The van der Waals surface area contributed by atoms with Crippen LogP contribution in [0.5, 0.6) is 0 Å². The molecule has 25 heavy (non-hydrogen) atoms. The van der Waals surface area contributed by atoms with E-state index in [1.807, 2.05) is 0 Å². The normalized spacial score (nSPS) is 22.5. The molecular weight excluding hydrogens is 391 g/mol. The van der Waals surface area contributed by atoms with Gasteiger partial charge >= 0.3 is 0 Å². The summed E-state index contributed by atoms with van der Waals surface area (Å²) in [6.07, 6.45) is 1.06. The first-order chi connectivity index (χ1) is 11.4. The maximum Gasteiger partial charge on any atom is 0.290 e. The van der Waals surface area contributed by atoms with Crippen LogP contribution < -0.4 is 5.32 Å². The number of hydrogen-bond donors (Lipinski definition) is 1. The molecule has 0 spiro atoms. The summed E-state index contributed by atoms with van der Waals surface area (Å²) < 4.78 is 26.9. The van der Waals surface area contributed by atoms with Crippen LogP contribution in [0.4, 0.5) is 5.69 Å². The van der Waals surface area contributed by atoms with Gasteiger partial charge in [0.2, 0.25) is 10.0 Å². The van der Waals surface area contributed by atoms with Gasteiger partial charge < -0.3 is 5.32 Å². The van der Waals surface area contributed by atoms with E-state index in [1.165, 1.54) is 16.4 Å². The molecule has 2 aliphatic heterocycles. The lowest BCUT2D eigenvalue weighted by Gasteiger charge is -2.37. The number of sulfonamides is 1. The number of nitro groups is 1. The zero-order valence-electron chi connectivity index (χ0n) is 13.4. The van der Waals surface area contributed by atoms with E-state index in [1.54, 1.807) is 0 Å². The highest BCUT2D eigenvalue weighted by Gasteiger charge is 2.35. The summed E-state index contributed by atoms with van der Waals surface area (Å²) in [7, 11) is -3.91. The average molecular weight is 411 g/mol. The lowest BCUT2D eigenvalue weighted by atomic mass is 10.2. The standard InChI is InChI=1S/C14H19ClN4O4S.ClH/c15-11-1-2-14(13(9-11)19(20)21)24(22,23)18-7-5-17(6-8-18)12-3-4-16-10-12;/h1-2,9,12,16H,3-8,10H2;1H. The van der Waals surface area contributed by atoms with Crippen molar-refractivity contribution in [3.63, 3.8) is 0 Å². The van der Waals surface area contributed by atoms with Gasteiger partial charge in [0.1, 0.15) is 0 Å². The van der Waals surface area contributed by atoms with E-state index in [-0.39, 0.29) is 22.3 Å². The van der Waals surface area contributed by atoms with Crippen molar-refractivity contribution in [2.24, 2.45) is 0 Å². The molecule has 1 N–H and O–H groups in total. The van der Waals surface area contributed by atoms with Crippen LogP contribution in [0.3, 0.4) is 0 Å². The minimum Gasteiger partial charge on any atom is -0.315 e. The van der Waals surface area contributed by atoms with E-state index in [2.05, 4.69) is 10.2 Å². The molecule has 140 valence electrons. The number of benzene rings is 1. The molecule has 1 aromatic carbocycles. The van der Waals surface area contributed by atoms with Gasteiger partial charge in [-0.05, 0) is 25.1 Å². The van der Waals surface area contributed by atoms with Crippen LogP contribution in [0.15, 0.2) is 23.1 Å². The molecule has 2 fully saturated rings. The summed E-state index contributed by atoms with van der Waals surface area (Å²) in [5.41, 5.74) is -0.482. The topological polar surface area (TPSA) is 95.8 Å². The predicted molar refractivity (Wildman–Crippen MR) is 97.0 cm³/mol. The summed E-state index contributed by atoms with van der Waals surface area (Å²) in [5.74, 6) is 0. The Morgan fingerprint density at radius 1 is 1.24 bits per heavy atom. The largest absolute Gasteiger partial charge is 0.315 e. The third-order valence-electron chi connectivity index (χ3n) is 4.56. The number of rotatable bonds is 4. The van der Waals surface area contributed by atoms with E-state index in [0.717, 1.165) is 25.6 Å². The molecule has 0 aromatic heterocycles. The highest BCUT2D eigenvalue weighted by atomic mass is 35.5. The minimum absolute atomic E-state index is 0. The lowest BCUT2D eigenvalue weighted by Crippen LogP contribution is -2.52. The van der Waals surface area contributed by atoms with Gasteiger partial charge in [0.05, 0.1) is 4.92 Å². The molecule has 2 heterocycles. The lowest BCUT2D eigenvalue weighted by molar-refractivity contribution is -0.387. The van der Waals surface area contributed by atoms with Crippen LogP contribution in [0.1, 0.15) is 6.42 Å². The number of piperazine rings is 1. The van der Waals surface area contributed by atoms with Crippen LogP contribution in [0.2, 0.25) is 5.02 Å². The molecule has 0 saturated carbocycles. The summed E-state index contributed by atoms with van der Waals surface area (Å²) in [4.78, 5) is 12.5. The Labute approximate surface area is 157 Å². The fourth-order valence-corrected chi connectivity index (χ4v) is 4.98. The minimum atomic E-state index is -3.91. The Hall–Kier alpha value is -0.970. The highest BCUT2D eigenvalue weighted by Crippen LogP contribution is 2.30. The number of hydrogen-bond acceptors (Lipinski definition) is 6. The molecule has 1 aromatic rings. The van der Waals surface area contributed by atoms with Gasteiger partial charge in [-0.15, -0.1) is 12.4 Å². The Kier molecular flexibility index (Phi) is 6.63. The maximum atomic E-state index is 12.8. The molecule has 1 unspecified atom stereocenters. The first kappa shape index (κ1) is 20.3. The Bertz CT molecular complexity index is 732. The van der Waals surface area contributed by atoms with Crippen molar-refractivity contribution in [2.75, 3.05) is 39.3 Å². The Morgan fingerprint density at radius 2 is 1.92 bits per heavy atom. The molecule has 0 aliphatic carbocycles.